The van der Waals surface area contributed by atoms with Crippen molar-refractivity contribution in [3.63, 3.8) is 0 Å². The van der Waals surface area contributed by atoms with Crippen LogP contribution in [-0.4, -0.2) is 20.1 Å². The van der Waals surface area contributed by atoms with Gasteiger partial charge in [0.15, 0.2) is 0 Å². The van der Waals surface area contributed by atoms with Crippen LogP contribution in [0.3, 0.4) is 0 Å². The standard InChI is InChI=1S/C18H13N4O/c1-3-12(17-21-18(23-22-17)13-5-6-13)4-2-11(1)14-7-8-15-16(9-14)20-10-19-15/h1-3,7-10,13H,5-6H2,(H,19,20). The lowest BCUT2D eigenvalue weighted by Crippen LogP contribution is -1.84. The van der Waals surface area contributed by atoms with E-state index in [-0.39, 0.29) is 0 Å². The number of fused-ring (bicyclic) bond motifs is 1. The maximum Gasteiger partial charge on any atom is 0.230 e. The zero-order valence-corrected chi connectivity index (χ0v) is 12.3. The predicted octanol–water partition coefficient (Wildman–Crippen LogP) is 3.96. The molecular weight excluding hydrogens is 288 g/mol. The minimum absolute atomic E-state index is 0.469. The number of aromatic nitrogens is 4. The average molecular weight is 301 g/mol. The van der Waals surface area contributed by atoms with Crippen molar-refractivity contribution in [2.75, 3.05) is 0 Å². The molecule has 5 heteroatoms. The van der Waals surface area contributed by atoms with Crippen LogP contribution in [0.25, 0.3) is 33.5 Å². The van der Waals surface area contributed by atoms with E-state index in [1.54, 1.807) is 6.33 Å². The molecule has 0 aliphatic heterocycles. The van der Waals surface area contributed by atoms with Gasteiger partial charge >= 0.3 is 0 Å². The van der Waals surface area contributed by atoms with E-state index in [2.05, 4.69) is 38.3 Å². The lowest BCUT2D eigenvalue weighted by atomic mass is 10.0. The van der Waals surface area contributed by atoms with Crippen molar-refractivity contribution >= 4 is 11.0 Å². The topological polar surface area (TPSA) is 67.6 Å². The Morgan fingerprint density at radius 2 is 2.04 bits per heavy atom. The smallest absolute Gasteiger partial charge is 0.230 e. The van der Waals surface area contributed by atoms with Crippen LogP contribution in [0, 0.1) is 6.07 Å². The van der Waals surface area contributed by atoms with E-state index < -0.39 is 0 Å². The summed E-state index contributed by atoms with van der Waals surface area (Å²) in [6, 6.07) is 15.4. The van der Waals surface area contributed by atoms with Crippen molar-refractivity contribution in [2.45, 2.75) is 18.8 Å². The highest BCUT2D eigenvalue weighted by Crippen LogP contribution is 2.39. The van der Waals surface area contributed by atoms with E-state index in [0.29, 0.717) is 11.7 Å². The number of benzene rings is 2. The van der Waals surface area contributed by atoms with Gasteiger partial charge in [0.1, 0.15) is 0 Å². The summed E-state index contributed by atoms with van der Waals surface area (Å²) in [5.74, 6) is 1.83. The molecular formula is C18H13N4O. The molecule has 0 amide bonds. The molecule has 2 heterocycles. The zero-order chi connectivity index (χ0) is 15.2. The first-order valence-corrected chi connectivity index (χ1v) is 7.66. The van der Waals surface area contributed by atoms with E-state index >= 15 is 0 Å². The number of aromatic amines is 1. The number of hydrogen-bond donors (Lipinski definition) is 1. The highest BCUT2D eigenvalue weighted by molar-refractivity contribution is 5.81. The number of hydrogen-bond acceptors (Lipinski definition) is 4. The molecule has 1 fully saturated rings. The molecule has 5 nitrogen and oxygen atoms in total. The Balaban J connectivity index is 1.47. The molecule has 1 N–H and O–H groups in total. The average Bonchev–Trinajstić information content (AvgIpc) is 3.14. The minimum Gasteiger partial charge on any atom is -0.345 e. The third-order valence-electron chi connectivity index (χ3n) is 4.18. The minimum atomic E-state index is 0.469. The van der Waals surface area contributed by atoms with Crippen LogP contribution < -0.4 is 0 Å². The fraction of sp³-hybridized carbons (Fsp3) is 0.167. The molecule has 0 spiro atoms. The largest absolute Gasteiger partial charge is 0.345 e. The lowest BCUT2D eigenvalue weighted by Gasteiger charge is -2.02. The predicted molar refractivity (Wildman–Crippen MR) is 85.6 cm³/mol. The Morgan fingerprint density at radius 1 is 1.13 bits per heavy atom. The quantitative estimate of drug-likeness (QED) is 0.622. The van der Waals surface area contributed by atoms with Crippen LogP contribution in [-0.2, 0) is 0 Å². The Kier molecular flexibility index (Phi) is 2.61. The van der Waals surface area contributed by atoms with Gasteiger partial charge in [0.2, 0.25) is 11.7 Å². The third kappa shape index (κ3) is 2.21. The van der Waals surface area contributed by atoms with Crippen molar-refractivity contribution < 1.29 is 4.52 Å². The van der Waals surface area contributed by atoms with Gasteiger partial charge in [0.05, 0.1) is 17.4 Å². The van der Waals surface area contributed by atoms with Gasteiger partial charge in [0.25, 0.3) is 0 Å². The Hall–Kier alpha value is -2.95. The molecule has 1 saturated carbocycles. The zero-order valence-electron chi connectivity index (χ0n) is 12.3. The second kappa shape index (κ2) is 4.78. The molecule has 0 atom stereocenters. The summed E-state index contributed by atoms with van der Waals surface area (Å²) in [6.07, 6.45) is 4.01. The number of rotatable bonds is 3. The van der Waals surface area contributed by atoms with E-state index in [9.17, 15) is 0 Å². The highest BCUT2D eigenvalue weighted by atomic mass is 16.5. The summed E-state index contributed by atoms with van der Waals surface area (Å²) in [6.45, 7) is 0. The summed E-state index contributed by atoms with van der Waals surface area (Å²) in [5, 5.41) is 4.05. The van der Waals surface area contributed by atoms with Gasteiger partial charge in [-0.1, -0.05) is 17.3 Å². The molecule has 23 heavy (non-hydrogen) atoms. The van der Waals surface area contributed by atoms with Crippen molar-refractivity contribution in [3.05, 3.63) is 54.7 Å². The molecule has 5 rings (SSSR count). The SMILES string of the molecule is [c]1cc(-c2ccc3[nH]cnc3c2)ccc1-c1noc(C2CC2)n1. The normalized spacial score (nSPS) is 14.4. The summed E-state index contributed by atoms with van der Waals surface area (Å²) in [7, 11) is 0. The van der Waals surface area contributed by atoms with Crippen molar-refractivity contribution in [1.29, 1.82) is 0 Å². The fourth-order valence-electron chi connectivity index (χ4n) is 2.70. The van der Waals surface area contributed by atoms with E-state index in [4.69, 9.17) is 4.52 Å². The lowest BCUT2D eigenvalue weighted by molar-refractivity contribution is 0.380. The first-order valence-electron chi connectivity index (χ1n) is 7.66. The maximum absolute atomic E-state index is 5.30. The summed E-state index contributed by atoms with van der Waals surface area (Å²) < 4.78 is 5.30. The van der Waals surface area contributed by atoms with Gasteiger partial charge in [-0.3, -0.25) is 0 Å². The van der Waals surface area contributed by atoms with E-state index in [0.717, 1.165) is 46.5 Å². The molecule has 2 aromatic carbocycles. The first-order chi connectivity index (χ1) is 11.4. The van der Waals surface area contributed by atoms with Crippen molar-refractivity contribution in [3.8, 4) is 22.5 Å². The number of imidazole rings is 1. The maximum atomic E-state index is 5.30. The molecule has 0 saturated heterocycles. The van der Waals surface area contributed by atoms with Crippen molar-refractivity contribution in [1.82, 2.24) is 20.1 Å². The molecule has 111 valence electrons. The third-order valence-corrected chi connectivity index (χ3v) is 4.18. The van der Waals surface area contributed by atoms with Gasteiger partial charge in [-0.2, -0.15) is 4.98 Å². The number of nitrogens with zero attached hydrogens (tertiary/aromatic N) is 3. The van der Waals surface area contributed by atoms with Gasteiger partial charge in [0, 0.05) is 11.5 Å². The molecule has 0 bridgehead atoms. The second-order valence-corrected chi connectivity index (χ2v) is 5.86. The molecule has 2 aromatic heterocycles. The molecule has 4 aromatic rings. The highest BCUT2D eigenvalue weighted by Gasteiger charge is 2.29. The van der Waals surface area contributed by atoms with Crippen LogP contribution >= 0.6 is 0 Å². The molecule has 0 unspecified atom stereocenters. The second-order valence-electron chi connectivity index (χ2n) is 5.86. The van der Waals surface area contributed by atoms with E-state index in [1.807, 2.05) is 24.3 Å². The first kappa shape index (κ1) is 12.6. The monoisotopic (exact) mass is 301 g/mol. The summed E-state index contributed by atoms with van der Waals surface area (Å²) in [5.41, 5.74) is 5.04. The Morgan fingerprint density at radius 3 is 2.87 bits per heavy atom. The Bertz CT molecular complexity index is 980. The number of nitrogens with one attached hydrogen (secondary N) is 1. The number of H-pyrrole nitrogens is 1. The van der Waals surface area contributed by atoms with Gasteiger partial charge in [-0.05, 0) is 54.3 Å². The van der Waals surface area contributed by atoms with Crippen LogP contribution in [0.15, 0.2) is 47.2 Å². The fourth-order valence-corrected chi connectivity index (χ4v) is 2.70. The van der Waals surface area contributed by atoms with Gasteiger partial charge in [-0.25, -0.2) is 4.98 Å². The van der Waals surface area contributed by atoms with Crippen LogP contribution in [0.5, 0.6) is 0 Å². The summed E-state index contributed by atoms with van der Waals surface area (Å²) >= 11 is 0. The van der Waals surface area contributed by atoms with Crippen LogP contribution in [0.4, 0.5) is 0 Å². The van der Waals surface area contributed by atoms with Gasteiger partial charge < -0.3 is 9.51 Å². The van der Waals surface area contributed by atoms with Gasteiger partial charge in [-0.15, -0.1) is 0 Å². The molecule has 1 aliphatic carbocycles. The summed E-state index contributed by atoms with van der Waals surface area (Å²) in [4.78, 5) is 11.9. The van der Waals surface area contributed by atoms with Crippen molar-refractivity contribution in [2.24, 2.45) is 0 Å². The van der Waals surface area contributed by atoms with Crippen LogP contribution in [0.1, 0.15) is 24.7 Å². The molecule has 1 aliphatic rings. The van der Waals surface area contributed by atoms with Crippen LogP contribution in [0.2, 0.25) is 0 Å². The Labute approximate surface area is 132 Å². The van der Waals surface area contributed by atoms with E-state index in [1.165, 1.54) is 0 Å². The molecule has 1 radical (unpaired) electrons.